The molecule has 1 atom stereocenters. The van der Waals surface area contributed by atoms with Crippen LogP contribution in [0.1, 0.15) is 162 Å². The molecule has 0 radical (unpaired) electrons. The monoisotopic (exact) mass is 453 g/mol. The van der Waals surface area contributed by atoms with E-state index in [0.29, 0.717) is 6.10 Å². The Kier molecular flexibility index (Phi) is 27.1. The van der Waals surface area contributed by atoms with Gasteiger partial charge in [-0.05, 0) is 33.5 Å². The van der Waals surface area contributed by atoms with Crippen molar-refractivity contribution in [2.75, 3.05) is 27.2 Å². The predicted octanol–water partition coefficient (Wildman–Crippen LogP) is 9.95. The normalized spacial score (nSPS) is 15.1. The van der Waals surface area contributed by atoms with Crippen LogP contribution in [0.25, 0.3) is 0 Å². The summed E-state index contributed by atoms with van der Waals surface area (Å²) in [6, 6.07) is 0. The molecule has 0 N–H and O–H groups in total. The first-order chi connectivity index (χ1) is 15.7. The second-order valence-corrected chi connectivity index (χ2v) is 10.6. The molecule has 1 fully saturated rings. The third kappa shape index (κ3) is 29.9. The molecule has 0 aromatic carbocycles. The first-order valence-corrected chi connectivity index (χ1v) is 15.0. The average molecular weight is 454 g/mol. The third-order valence-electron chi connectivity index (χ3n) is 6.74. The van der Waals surface area contributed by atoms with Gasteiger partial charge in [0.25, 0.3) is 0 Å². The van der Waals surface area contributed by atoms with Crippen LogP contribution in [0, 0.1) is 0 Å². The van der Waals surface area contributed by atoms with Gasteiger partial charge in [-0.25, -0.2) is 0 Å². The zero-order valence-electron chi connectivity index (χ0n) is 23.1. The van der Waals surface area contributed by atoms with E-state index in [1.165, 1.54) is 154 Å². The van der Waals surface area contributed by atoms with E-state index in [0.717, 1.165) is 6.61 Å². The molecular weight excluding hydrogens is 390 g/mol. The second-order valence-electron chi connectivity index (χ2n) is 10.6. The Balaban J connectivity index is 0.000000607. The Morgan fingerprint density at radius 2 is 0.812 bits per heavy atom. The fourth-order valence-electron chi connectivity index (χ4n) is 4.36. The lowest BCUT2D eigenvalue weighted by molar-refractivity contribution is 0.387. The standard InChI is InChI=1S/C16H32O.C14H31N/c1-2-3-4-5-6-7-8-9-10-11-12-13-14-16-15-17-16;1-4-5-6-7-8-9-10-11-12-13-14-15(2)3/h16H,2-15H2,1H3;4-14H2,1-3H3. The molecule has 0 saturated carbocycles. The average Bonchev–Trinajstić information content (AvgIpc) is 3.60. The van der Waals surface area contributed by atoms with Crippen LogP contribution in [-0.4, -0.2) is 38.3 Å². The zero-order chi connectivity index (χ0) is 23.5. The maximum Gasteiger partial charge on any atom is 0.0810 e. The largest absolute Gasteiger partial charge is 0.373 e. The summed E-state index contributed by atoms with van der Waals surface area (Å²) in [5.74, 6) is 0. The Morgan fingerprint density at radius 1 is 0.500 bits per heavy atom. The molecule has 0 spiro atoms. The SMILES string of the molecule is CCCCCCCCCCCCCCC1CO1.CCCCCCCCCCCCN(C)C. The minimum Gasteiger partial charge on any atom is -0.373 e. The molecule has 1 saturated heterocycles. The van der Waals surface area contributed by atoms with E-state index < -0.39 is 0 Å². The van der Waals surface area contributed by atoms with Gasteiger partial charge in [0.2, 0.25) is 0 Å². The molecule has 194 valence electrons. The third-order valence-corrected chi connectivity index (χ3v) is 6.74. The summed E-state index contributed by atoms with van der Waals surface area (Å²) in [6.07, 6.45) is 33.7. The molecule has 0 amide bonds. The van der Waals surface area contributed by atoms with Crippen LogP contribution in [0.5, 0.6) is 0 Å². The van der Waals surface area contributed by atoms with Crippen molar-refractivity contribution in [3.8, 4) is 0 Å². The summed E-state index contributed by atoms with van der Waals surface area (Å²) < 4.78 is 5.21. The Labute approximate surface area is 204 Å². The number of epoxide rings is 1. The molecule has 0 aromatic heterocycles. The van der Waals surface area contributed by atoms with E-state index in [9.17, 15) is 0 Å². The van der Waals surface area contributed by atoms with Crippen LogP contribution < -0.4 is 0 Å². The van der Waals surface area contributed by atoms with Gasteiger partial charge < -0.3 is 9.64 Å². The van der Waals surface area contributed by atoms with Gasteiger partial charge >= 0.3 is 0 Å². The zero-order valence-corrected chi connectivity index (χ0v) is 23.1. The van der Waals surface area contributed by atoms with Crippen LogP contribution in [0.3, 0.4) is 0 Å². The van der Waals surface area contributed by atoms with Gasteiger partial charge in [0.15, 0.2) is 0 Å². The molecular formula is C30H63NO. The highest BCUT2D eigenvalue weighted by Crippen LogP contribution is 2.18. The van der Waals surface area contributed by atoms with Crippen molar-refractivity contribution in [3.63, 3.8) is 0 Å². The van der Waals surface area contributed by atoms with Crippen LogP contribution in [0.4, 0.5) is 0 Å². The highest BCUT2D eigenvalue weighted by Gasteiger charge is 2.20. The van der Waals surface area contributed by atoms with Gasteiger partial charge in [-0.15, -0.1) is 0 Å². The van der Waals surface area contributed by atoms with E-state index in [1.807, 2.05) is 0 Å². The van der Waals surface area contributed by atoms with E-state index >= 15 is 0 Å². The highest BCUT2D eigenvalue weighted by molar-refractivity contribution is 4.68. The topological polar surface area (TPSA) is 15.8 Å². The van der Waals surface area contributed by atoms with Gasteiger partial charge in [-0.1, -0.05) is 149 Å². The molecule has 1 heterocycles. The van der Waals surface area contributed by atoms with Gasteiger partial charge in [0, 0.05) is 0 Å². The summed E-state index contributed by atoms with van der Waals surface area (Å²) in [7, 11) is 4.32. The molecule has 1 aliphatic heterocycles. The van der Waals surface area contributed by atoms with Crippen molar-refractivity contribution in [2.24, 2.45) is 0 Å². The fourth-order valence-corrected chi connectivity index (χ4v) is 4.36. The molecule has 0 aromatic rings. The number of hydrogen-bond donors (Lipinski definition) is 0. The maximum absolute atomic E-state index is 5.21. The van der Waals surface area contributed by atoms with Crippen molar-refractivity contribution >= 4 is 0 Å². The second kappa shape index (κ2) is 27.2. The quantitative estimate of drug-likeness (QED) is 0.107. The molecule has 1 aliphatic rings. The van der Waals surface area contributed by atoms with Gasteiger partial charge in [0.05, 0.1) is 12.7 Å². The van der Waals surface area contributed by atoms with Crippen molar-refractivity contribution in [3.05, 3.63) is 0 Å². The summed E-state index contributed by atoms with van der Waals surface area (Å²) in [4.78, 5) is 2.28. The molecule has 32 heavy (non-hydrogen) atoms. The summed E-state index contributed by atoms with van der Waals surface area (Å²) in [5.41, 5.74) is 0. The summed E-state index contributed by atoms with van der Waals surface area (Å²) in [6.45, 7) is 6.87. The van der Waals surface area contributed by atoms with Crippen LogP contribution in [-0.2, 0) is 4.74 Å². The lowest BCUT2D eigenvalue weighted by Gasteiger charge is -2.08. The minimum absolute atomic E-state index is 0.651. The van der Waals surface area contributed by atoms with Gasteiger partial charge in [-0.3, -0.25) is 0 Å². The van der Waals surface area contributed by atoms with Crippen LogP contribution >= 0.6 is 0 Å². The smallest absolute Gasteiger partial charge is 0.0810 e. The lowest BCUT2D eigenvalue weighted by atomic mass is 10.0. The molecule has 2 heteroatoms. The minimum atomic E-state index is 0.651. The van der Waals surface area contributed by atoms with Crippen molar-refractivity contribution in [2.45, 2.75) is 168 Å². The number of unbranched alkanes of at least 4 members (excludes halogenated alkanes) is 20. The van der Waals surface area contributed by atoms with Crippen molar-refractivity contribution in [1.82, 2.24) is 4.90 Å². The van der Waals surface area contributed by atoms with Crippen molar-refractivity contribution in [1.29, 1.82) is 0 Å². The lowest BCUT2D eigenvalue weighted by Crippen LogP contribution is -2.12. The molecule has 0 bridgehead atoms. The van der Waals surface area contributed by atoms with Crippen LogP contribution in [0.2, 0.25) is 0 Å². The van der Waals surface area contributed by atoms with Gasteiger partial charge in [0.1, 0.15) is 0 Å². The number of ether oxygens (including phenoxy) is 1. The highest BCUT2D eigenvalue weighted by atomic mass is 16.6. The molecule has 2 nitrogen and oxygen atoms in total. The molecule has 0 aliphatic carbocycles. The summed E-state index contributed by atoms with van der Waals surface area (Å²) in [5, 5.41) is 0. The van der Waals surface area contributed by atoms with E-state index in [4.69, 9.17) is 4.74 Å². The molecule has 1 rings (SSSR count). The predicted molar refractivity (Wildman–Crippen MR) is 146 cm³/mol. The Bertz CT molecular complexity index is 327. The number of rotatable bonds is 24. The van der Waals surface area contributed by atoms with Gasteiger partial charge in [-0.2, -0.15) is 0 Å². The molecule has 1 unspecified atom stereocenters. The van der Waals surface area contributed by atoms with E-state index in [1.54, 1.807) is 0 Å². The first-order valence-electron chi connectivity index (χ1n) is 15.0. The number of nitrogens with zero attached hydrogens (tertiary/aromatic N) is 1. The Morgan fingerprint density at radius 3 is 1.12 bits per heavy atom. The summed E-state index contributed by atoms with van der Waals surface area (Å²) >= 11 is 0. The number of hydrogen-bond acceptors (Lipinski definition) is 2. The van der Waals surface area contributed by atoms with E-state index in [-0.39, 0.29) is 0 Å². The Hall–Kier alpha value is -0.0800. The van der Waals surface area contributed by atoms with Crippen molar-refractivity contribution < 1.29 is 4.74 Å². The first kappa shape index (κ1) is 31.9. The van der Waals surface area contributed by atoms with Crippen LogP contribution in [0.15, 0.2) is 0 Å². The fraction of sp³-hybridized carbons (Fsp3) is 1.00. The van der Waals surface area contributed by atoms with E-state index in [2.05, 4.69) is 32.8 Å². The maximum atomic E-state index is 5.21.